The topological polar surface area (TPSA) is 50.3 Å². The lowest BCUT2D eigenvalue weighted by Crippen LogP contribution is -2.54. The summed E-state index contributed by atoms with van der Waals surface area (Å²) in [5, 5.41) is 3.43. The number of aromatic nitrogens is 2. The number of fused-ring (bicyclic) bond motifs is 1. The normalized spacial score (nSPS) is 18.0. The molecule has 2 aliphatic heterocycles. The molecule has 1 aromatic carbocycles. The number of nitrogens with zero attached hydrogens (tertiary/aromatic N) is 3. The Kier molecular flexibility index (Phi) is 3.87. The highest BCUT2D eigenvalue weighted by Crippen LogP contribution is 2.28. The van der Waals surface area contributed by atoms with Crippen molar-refractivity contribution in [2.24, 2.45) is 0 Å². The second kappa shape index (κ2) is 6.16. The van der Waals surface area contributed by atoms with E-state index in [9.17, 15) is 0 Å². The van der Waals surface area contributed by atoms with Crippen LogP contribution in [0, 0.1) is 6.92 Å². The first kappa shape index (κ1) is 14.5. The van der Waals surface area contributed by atoms with Gasteiger partial charge >= 0.3 is 0 Å². The second-order valence-corrected chi connectivity index (χ2v) is 6.28. The number of benzene rings is 1. The molecule has 0 saturated carbocycles. The Hall–Kier alpha value is -2.14. The quantitative estimate of drug-likeness (QED) is 0.936. The molecule has 4 rings (SSSR count). The van der Waals surface area contributed by atoms with E-state index in [1.807, 2.05) is 18.2 Å². The molecule has 0 aliphatic carbocycles. The third kappa shape index (κ3) is 2.88. The molecule has 1 fully saturated rings. The van der Waals surface area contributed by atoms with E-state index < -0.39 is 0 Å². The lowest BCUT2D eigenvalue weighted by atomic mass is 10.1. The Bertz CT molecular complexity index is 697. The van der Waals surface area contributed by atoms with Crippen LogP contribution in [0.4, 0.5) is 5.82 Å². The molecular formula is C18H22N4O. The SMILES string of the molecule is Cc1ccccc1OC1CN(c2ncnc3c2CCNCC3)C1. The molecule has 120 valence electrons. The molecule has 2 aromatic rings. The number of hydrogen-bond acceptors (Lipinski definition) is 5. The van der Waals surface area contributed by atoms with Gasteiger partial charge in [-0.25, -0.2) is 9.97 Å². The highest BCUT2D eigenvalue weighted by molar-refractivity contribution is 5.52. The smallest absolute Gasteiger partial charge is 0.135 e. The number of hydrogen-bond donors (Lipinski definition) is 1. The van der Waals surface area contributed by atoms with Gasteiger partial charge in [0, 0.05) is 18.5 Å². The molecule has 2 aliphatic rings. The van der Waals surface area contributed by atoms with Gasteiger partial charge in [0.15, 0.2) is 0 Å². The van der Waals surface area contributed by atoms with Crippen LogP contribution < -0.4 is 15.0 Å². The number of ether oxygens (including phenoxy) is 1. The summed E-state index contributed by atoms with van der Waals surface area (Å²) in [6, 6.07) is 8.19. The monoisotopic (exact) mass is 310 g/mol. The van der Waals surface area contributed by atoms with Gasteiger partial charge in [0.1, 0.15) is 24.0 Å². The van der Waals surface area contributed by atoms with Crippen molar-refractivity contribution in [1.29, 1.82) is 0 Å². The fraction of sp³-hybridized carbons (Fsp3) is 0.444. The number of rotatable bonds is 3. The number of nitrogens with one attached hydrogen (secondary N) is 1. The maximum Gasteiger partial charge on any atom is 0.135 e. The molecule has 1 aromatic heterocycles. The molecule has 0 atom stereocenters. The summed E-state index contributed by atoms with van der Waals surface area (Å²) < 4.78 is 6.10. The summed E-state index contributed by atoms with van der Waals surface area (Å²) in [5.41, 5.74) is 3.70. The molecule has 0 bridgehead atoms. The van der Waals surface area contributed by atoms with E-state index in [0.29, 0.717) is 0 Å². The van der Waals surface area contributed by atoms with Crippen molar-refractivity contribution >= 4 is 5.82 Å². The molecule has 1 saturated heterocycles. The van der Waals surface area contributed by atoms with E-state index in [4.69, 9.17) is 4.74 Å². The van der Waals surface area contributed by atoms with Crippen LogP contribution >= 0.6 is 0 Å². The number of para-hydroxylation sites is 1. The minimum Gasteiger partial charge on any atom is -0.486 e. The van der Waals surface area contributed by atoms with Gasteiger partial charge in [-0.2, -0.15) is 0 Å². The van der Waals surface area contributed by atoms with E-state index in [1.54, 1.807) is 6.33 Å². The molecule has 3 heterocycles. The summed E-state index contributed by atoms with van der Waals surface area (Å²) in [6.45, 7) is 5.88. The van der Waals surface area contributed by atoms with Crippen molar-refractivity contribution in [2.45, 2.75) is 25.9 Å². The summed E-state index contributed by atoms with van der Waals surface area (Å²) in [6.07, 6.45) is 3.94. The second-order valence-electron chi connectivity index (χ2n) is 6.28. The predicted molar refractivity (Wildman–Crippen MR) is 90.1 cm³/mol. The van der Waals surface area contributed by atoms with E-state index >= 15 is 0 Å². The van der Waals surface area contributed by atoms with Crippen LogP contribution in [0.15, 0.2) is 30.6 Å². The van der Waals surface area contributed by atoms with Gasteiger partial charge in [-0.15, -0.1) is 0 Å². The largest absolute Gasteiger partial charge is 0.486 e. The van der Waals surface area contributed by atoms with Crippen LogP contribution in [0.25, 0.3) is 0 Å². The molecule has 5 nitrogen and oxygen atoms in total. The lowest BCUT2D eigenvalue weighted by molar-refractivity contribution is 0.165. The zero-order chi connectivity index (χ0) is 15.6. The molecule has 5 heteroatoms. The average molecular weight is 310 g/mol. The zero-order valence-corrected chi connectivity index (χ0v) is 13.5. The van der Waals surface area contributed by atoms with Gasteiger partial charge in [-0.3, -0.25) is 0 Å². The van der Waals surface area contributed by atoms with Crippen LogP contribution in [-0.4, -0.2) is 42.3 Å². The van der Waals surface area contributed by atoms with Crippen LogP contribution in [0.5, 0.6) is 5.75 Å². The van der Waals surface area contributed by atoms with Gasteiger partial charge in [0.25, 0.3) is 0 Å². The summed E-state index contributed by atoms with van der Waals surface area (Å²) in [5.74, 6) is 2.09. The first-order chi connectivity index (χ1) is 11.3. The molecule has 23 heavy (non-hydrogen) atoms. The predicted octanol–water partition coefficient (Wildman–Crippen LogP) is 1.74. The minimum absolute atomic E-state index is 0.241. The third-order valence-corrected chi connectivity index (χ3v) is 4.64. The average Bonchev–Trinajstić information content (AvgIpc) is 2.77. The summed E-state index contributed by atoms with van der Waals surface area (Å²) >= 11 is 0. The van der Waals surface area contributed by atoms with Gasteiger partial charge in [0.05, 0.1) is 18.8 Å². The Morgan fingerprint density at radius 3 is 2.83 bits per heavy atom. The lowest BCUT2D eigenvalue weighted by Gasteiger charge is -2.41. The van der Waals surface area contributed by atoms with Crippen molar-refractivity contribution in [3.63, 3.8) is 0 Å². The molecule has 0 spiro atoms. The Morgan fingerprint density at radius 2 is 1.96 bits per heavy atom. The highest BCUT2D eigenvalue weighted by atomic mass is 16.5. The van der Waals surface area contributed by atoms with Gasteiger partial charge in [0.2, 0.25) is 0 Å². The van der Waals surface area contributed by atoms with E-state index in [2.05, 4.69) is 33.2 Å². The first-order valence-corrected chi connectivity index (χ1v) is 8.32. The standard InChI is InChI=1S/C18H22N4O/c1-13-4-2-3-5-17(13)23-14-10-22(11-14)18-15-6-8-19-9-7-16(15)20-12-21-18/h2-5,12,14,19H,6-11H2,1H3. The van der Waals surface area contributed by atoms with Crippen molar-refractivity contribution in [2.75, 3.05) is 31.1 Å². The molecule has 1 N–H and O–H groups in total. The molecular weight excluding hydrogens is 288 g/mol. The van der Waals surface area contributed by atoms with Crippen molar-refractivity contribution < 1.29 is 4.74 Å². The van der Waals surface area contributed by atoms with Crippen LogP contribution in [-0.2, 0) is 12.8 Å². The van der Waals surface area contributed by atoms with Crippen LogP contribution in [0.3, 0.4) is 0 Å². The maximum absolute atomic E-state index is 6.10. The van der Waals surface area contributed by atoms with E-state index in [1.165, 1.54) is 16.8 Å². The number of anilines is 1. The fourth-order valence-electron chi connectivity index (χ4n) is 3.28. The number of aryl methyl sites for hydroxylation is 1. The Morgan fingerprint density at radius 1 is 1.13 bits per heavy atom. The summed E-state index contributed by atoms with van der Waals surface area (Å²) in [4.78, 5) is 11.3. The third-order valence-electron chi connectivity index (χ3n) is 4.64. The van der Waals surface area contributed by atoms with Crippen molar-refractivity contribution in [1.82, 2.24) is 15.3 Å². The Labute approximate surface area is 136 Å². The van der Waals surface area contributed by atoms with E-state index in [0.717, 1.165) is 50.6 Å². The van der Waals surface area contributed by atoms with Crippen molar-refractivity contribution in [3.8, 4) is 5.75 Å². The van der Waals surface area contributed by atoms with Gasteiger partial charge in [-0.1, -0.05) is 18.2 Å². The summed E-state index contributed by atoms with van der Waals surface area (Å²) in [7, 11) is 0. The molecule has 0 radical (unpaired) electrons. The molecule has 0 amide bonds. The fourth-order valence-corrected chi connectivity index (χ4v) is 3.28. The van der Waals surface area contributed by atoms with Crippen LogP contribution in [0.2, 0.25) is 0 Å². The minimum atomic E-state index is 0.241. The highest BCUT2D eigenvalue weighted by Gasteiger charge is 2.32. The Balaban J connectivity index is 1.45. The van der Waals surface area contributed by atoms with Gasteiger partial charge < -0.3 is 15.0 Å². The zero-order valence-electron chi connectivity index (χ0n) is 13.5. The first-order valence-electron chi connectivity index (χ1n) is 8.32. The van der Waals surface area contributed by atoms with Gasteiger partial charge in [-0.05, 0) is 31.5 Å². The molecule has 0 unspecified atom stereocenters. The van der Waals surface area contributed by atoms with E-state index in [-0.39, 0.29) is 6.10 Å². The van der Waals surface area contributed by atoms with Crippen molar-refractivity contribution in [3.05, 3.63) is 47.4 Å². The maximum atomic E-state index is 6.10. The van der Waals surface area contributed by atoms with Crippen LogP contribution in [0.1, 0.15) is 16.8 Å².